The first-order valence-electron chi connectivity index (χ1n) is 10.5. The highest BCUT2D eigenvalue weighted by Crippen LogP contribution is 2.30. The molecule has 0 atom stereocenters. The van der Waals surface area contributed by atoms with Gasteiger partial charge in [0.15, 0.2) is 0 Å². The van der Waals surface area contributed by atoms with Crippen molar-refractivity contribution < 1.29 is 27.5 Å². The monoisotopic (exact) mass is 460 g/mol. The molecule has 8 nitrogen and oxygen atoms in total. The third-order valence-electron chi connectivity index (χ3n) is 5.43. The van der Waals surface area contributed by atoms with E-state index in [1.54, 1.807) is 49.4 Å². The molecular formula is C23H28N2O6S. The van der Waals surface area contributed by atoms with E-state index in [0.717, 1.165) is 5.56 Å². The third kappa shape index (κ3) is 5.28. The van der Waals surface area contributed by atoms with Crippen molar-refractivity contribution in [1.29, 1.82) is 0 Å². The normalized spacial score (nSPS) is 15.2. The van der Waals surface area contributed by atoms with Crippen LogP contribution in [0.4, 0.5) is 5.69 Å². The van der Waals surface area contributed by atoms with Gasteiger partial charge in [0.1, 0.15) is 10.6 Å². The zero-order valence-corrected chi connectivity index (χ0v) is 19.3. The number of esters is 1. The topological polar surface area (TPSA) is 102 Å². The second-order valence-electron chi connectivity index (χ2n) is 7.62. The Labute approximate surface area is 188 Å². The van der Waals surface area contributed by atoms with Crippen LogP contribution in [0, 0.1) is 12.8 Å². The quantitative estimate of drug-likeness (QED) is 0.637. The fourth-order valence-electron chi connectivity index (χ4n) is 3.63. The van der Waals surface area contributed by atoms with Gasteiger partial charge in [0.05, 0.1) is 19.3 Å². The molecule has 0 bridgehead atoms. The minimum atomic E-state index is -3.72. The molecule has 172 valence electrons. The lowest BCUT2D eigenvalue weighted by Crippen LogP contribution is -2.41. The molecule has 1 aliphatic rings. The first kappa shape index (κ1) is 23.7. The number of rotatable bonds is 7. The molecule has 0 saturated carbocycles. The Bertz CT molecular complexity index is 1070. The summed E-state index contributed by atoms with van der Waals surface area (Å²) in [4.78, 5) is 24.5. The molecule has 1 N–H and O–H groups in total. The fraction of sp³-hybridized carbons (Fsp3) is 0.391. The van der Waals surface area contributed by atoms with E-state index in [-0.39, 0.29) is 29.8 Å². The van der Waals surface area contributed by atoms with Crippen molar-refractivity contribution >= 4 is 27.6 Å². The SMILES string of the molecule is CCOC(=O)c1ccc(NC(=O)C2CCN(S(=O)(=O)c3cc(C)ccc3OC)CC2)cc1. The minimum absolute atomic E-state index is 0.143. The number of methoxy groups -OCH3 is 1. The van der Waals surface area contributed by atoms with E-state index in [1.807, 2.05) is 6.92 Å². The van der Waals surface area contributed by atoms with E-state index < -0.39 is 16.0 Å². The number of carbonyl (C=O) groups excluding carboxylic acids is 2. The molecule has 32 heavy (non-hydrogen) atoms. The van der Waals surface area contributed by atoms with Crippen LogP contribution in [0.2, 0.25) is 0 Å². The molecule has 1 heterocycles. The number of sulfonamides is 1. The van der Waals surface area contributed by atoms with Crippen LogP contribution in [0.3, 0.4) is 0 Å². The minimum Gasteiger partial charge on any atom is -0.495 e. The van der Waals surface area contributed by atoms with Crippen molar-refractivity contribution in [3.63, 3.8) is 0 Å². The van der Waals surface area contributed by atoms with Gasteiger partial charge in [0, 0.05) is 24.7 Å². The van der Waals surface area contributed by atoms with E-state index in [9.17, 15) is 18.0 Å². The van der Waals surface area contributed by atoms with Crippen LogP contribution in [0.1, 0.15) is 35.7 Å². The van der Waals surface area contributed by atoms with E-state index in [1.165, 1.54) is 11.4 Å². The van der Waals surface area contributed by atoms with Crippen LogP contribution in [0.5, 0.6) is 5.75 Å². The molecular weight excluding hydrogens is 432 g/mol. The number of hydrogen-bond acceptors (Lipinski definition) is 6. The predicted molar refractivity (Wildman–Crippen MR) is 120 cm³/mol. The number of carbonyl (C=O) groups is 2. The van der Waals surface area contributed by atoms with Gasteiger partial charge in [0.2, 0.25) is 15.9 Å². The third-order valence-corrected chi connectivity index (χ3v) is 7.35. The number of anilines is 1. The van der Waals surface area contributed by atoms with Gasteiger partial charge in [-0.05, 0) is 68.7 Å². The Morgan fingerprint density at radius 2 is 1.75 bits per heavy atom. The van der Waals surface area contributed by atoms with Crippen LogP contribution in [0.15, 0.2) is 47.4 Å². The van der Waals surface area contributed by atoms with Crippen molar-refractivity contribution in [3.05, 3.63) is 53.6 Å². The van der Waals surface area contributed by atoms with Crippen LogP contribution in [-0.4, -0.2) is 51.4 Å². The van der Waals surface area contributed by atoms with Crippen molar-refractivity contribution in [2.24, 2.45) is 5.92 Å². The van der Waals surface area contributed by atoms with Crippen LogP contribution >= 0.6 is 0 Å². The van der Waals surface area contributed by atoms with Crippen molar-refractivity contribution in [2.75, 3.05) is 32.1 Å². The number of benzene rings is 2. The van der Waals surface area contributed by atoms with Gasteiger partial charge >= 0.3 is 5.97 Å². The van der Waals surface area contributed by atoms with E-state index in [2.05, 4.69) is 5.32 Å². The molecule has 1 amide bonds. The standard InChI is InChI=1S/C23H28N2O6S/c1-4-31-23(27)18-6-8-19(9-7-18)24-22(26)17-11-13-25(14-12-17)32(28,29)21-15-16(2)5-10-20(21)30-3/h5-10,15,17H,4,11-14H2,1-3H3,(H,24,26). The maximum Gasteiger partial charge on any atom is 0.338 e. The van der Waals surface area contributed by atoms with Crippen LogP contribution < -0.4 is 10.1 Å². The first-order valence-corrected chi connectivity index (χ1v) is 11.9. The summed E-state index contributed by atoms with van der Waals surface area (Å²) in [6, 6.07) is 11.5. The van der Waals surface area contributed by atoms with Gasteiger partial charge in [-0.2, -0.15) is 4.31 Å². The molecule has 3 rings (SSSR count). The van der Waals surface area contributed by atoms with Crippen molar-refractivity contribution in [1.82, 2.24) is 4.31 Å². The average Bonchev–Trinajstić information content (AvgIpc) is 2.79. The number of hydrogen-bond donors (Lipinski definition) is 1. The zero-order chi connectivity index (χ0) is 23.3. The lowest BCUT2D eigenvalue weighted by atomic mass is 9.97. The predicted octanol–water partition coefficient (Wildman–Crippen LogP) is 3.22. The van der Waals surface area contributed by atoms with Gasteiger partial charge in [-0.25, -0.2) is 13.2 Å². The van der Waals surface area contributed by atoms with Gasteiger partial charge in [-0.3, -0.25) is 4.79 Å². The molecule has 0 unspecified atom stereocenters. The molecule has 0 aliphatic carbocycles. The maximum atomic E-state index is 13.1. The highest BCUT2D eigenvalue weighted by Gasteiger charge is 2.33. The Morgan fingerprint density at radius 1 is 1.09 bits per heavy atom. The zero-order valence-electron chi connectivity index (χ0n) is 18.5. The molecule has 0 aromatic heterocycles. The number of nitrogens with one attached hydrogen (secondary N) is 1. The van der Waals surface area contributed by atoms with E-state index in [0.29, 0.717) is 36.4 Å². The fourth-order valence-corrected chi connectivity index (χ4v) is 5.34. The van der Waals surface area contributed by atoms with Gasteiger partial charge < -0.3 is 14.8 Å². The highest BCUT2D eigenvalue weighted by atomic mass is 32.2. The second-order valence-corrected chi connectivity index (χ2v) is 9.53. The summed E-state index contributed by atoms with van der Waals surface area (Å²) in [5.74, 6) is -0.574. The number of ether oxygens (including phenoxy) is 2. The van der Waals surface area contributed by atoms with Gasteiger partial charge in [-0.1, -0.05) is 6.07 Å². The number of aryl methyl sites for hydroxylation is 1. The molecule has 1 saturated heterocycles. The highest BCUT2D eigenvalue weighted by molar-refractivity contribution is 7.89. The number of amides is 1. The summed E-state index contributed by atoms with van der Waals surface area (Å²) in [6.07, 6.45) is 0.834. The van der Waals surface area contributed by atoms with Crippen molar-refractivity contribution in [2.45, 2.75) is 31.6 Å². The molecule has 1 fully saturated rings. The second kappa shape index (κ2) is 10.1. The smallest absolute Gasteiger partial charge is 0.338 e. The lowest BCUT2D eigenvalue weighted by molar-refractivity contribution is -0.120. The Morgan fingerprint density at radius 3 is 2.34 bits per heavy atom. The Balaban J connectivity index is 1.61. The van der Waals surface area contributed by atoms with E-state index >= 15 is 0 Å². The summed E-state index contributed by atoms with van der Waals surface area (Å²) in [6.45, 7) is 4.36. The molecule has 0 spiro atoms. The van der Waals surface area contributed by atoms with Crippen LogP contribution in [-0.2, 0) is 19.6 Å². The summed E-state index contributed by atoms with van der Waals surface area (Å²) < 4.78 is 37.8. The summed E-state index contributed by atoms with van der Waals surface area (Å²) in [5.41, 5.74) is 1.81. The largest absolute Gasteiger partial charge is 0.495 e. The average molecular weight is 461 g/mol. The number of piperidine rings is 1. The molecule has 0 radical (unpaired) electrons. The van der Waals surface area contributed by atoms with E-state index in [4.69, 9.17) is 9.47 Å². The number of nitrogens with zero attached hydrogens (tertiary/aromatic N) is 1. The molecule has 2 aromatic rings. The first-order chi connectivity index (χ1) is 15.3. The molecule has 1 aliphatic heterocycles. The lowest BCUT2D eigenvalue weighted by Gasteiger charge is -2.31. The van der Waals surface area contributed by atoms with Gasteiger partial charge in [-0.15, -0.1) is 0 Å². The Kier molecular flexibility index (Phi) is 7.52. The molecule has 9 heteroatoms. The summed E-state index contributed by atoms with van der Waals surface area (Å²) >= 11 is 0. The summed E-state index contributed by atoms with van der Waals surface area (Å²) in [7, 11) is -2.28. The Hall–Kier alpha value is -2.91. The molecule has 2 aromatic carbocycles. The van der Waals surface area contributed by atoms with Crippen LogP contribution in [0.25, 0.3) is 0 Å². The van der Waals surface area contributed by atoms with Gasteiger partial charge in [0.25, 0.3) is 0 Å². The van der Waals surface area contributed by atoms with Crippen molar-refractivity contribution in [3.8, 4) is 5.75 Å². The summed E-state index contributed by atoms with van der Waals surface area (Å²) in [5, 5.41) is 2.84. The maximum absolute atomic E-state index is 13.1.